The van der Waals surface area contributed by atoms with Gasteiger partial charge in [0, 0.05) is 16.5 Å². The van der Waals surface area contributed by atoms with Gasteiger partial charge in [0.1, 0.15) is 4.83 Å². The van der Waals surface area contributed by atoms with E-state index in [1.807, 2.05) is 0 Å². The topological polar surface area (TPSA) is 49.6 Å². The molecule has 3 heterocycles. The Balaban J connectivity index is 1.52. The van der Waals surface area contributed by atoms with Crippen LogP contribution in [0.5, 0.6) is 0 Å². The van der Waals surface area contributed by atoms with Gasteiger partial charge in [-0.05, 0) is 62.5 Å². The summed E-state index contributed by atoms with van der Waals surface area (Å²) in [6.07, 6.45) is 13.8. The number of aryl methyl sites for hydroxylation is 4. The Morgan fingerprint density at radius 3 is 2.80 bits per heavy atom. The van der Waals surface area contributed by atoms with Crippen LogP contribution in [-0.4, -0.2) is 9.97 Å². The Morgan fingerprint density at radius 1 is 1.08 bits per heavy atom. The summed E-state index contributed by atoms with van der Waals surface area (Å²) in [5.41, 5.74) is 4.22. The highest BCUT2D eigenvalue weighted by molar-refractivity contribution is 7.18. The molecule has 3 aromatic heterocycles. The zero-order chi connectivity index (χ0) is 16.8. The molecule has 0 saturated carbocycles. The SMILES string of the molecule is O=c1[nH]c(C[n+]2ccc3c(c2)CCCC3)nc2sc3c(c12)CCCC3. The van der Waals surface area contributed by atoms with E-state index in [4.69, 9.17) is 4.98 Å². The van der Waals surface area contributed by atoms with Crippen LogP contribution in [0, 0.1) is 0 Å². The summed E-state index contributed by atoms with van der Waals surface area (Å²) in [5, 5.41) is 0.846. The van der Waals surface area contributed by atoms with Crippen LogP contribution >= 0.6 is 11.3 Å². The molecule has 0 spiro atoms. The fourth-order valence-corrected chi connectivity index (χ4v) is 5.55. The maximum atomic E-state index is 12.7. The first-order valence-electron chi connectivity index (χ1n) is 9.32. The molecule has 0 radical (unpaired) electrons. The van der Waals surface area contributed by atoms with Gasteiger partial charge >= 0.3 is 0 Å². The summed E-state index contributed by atoms with van der Waals surface area (Å²) >= 11 is 1.72. The van der Waals surface area contributed by atoms with Crippen LogP contribution in [0.2, 0.25) is 0 Å². The van der Waals surface area contributed by atoms with Crippen molar-refractivity contribution in [2.45, 2.75) is 57.9 Å². The van der Waals surface area contributed by atoms with Crippen LogP contribution in [0.3, 0.4) is 0 Å². The molecule has 0 bridgehead atoms. The highest BCUT2D eigenvalue weighted by Crippen LogP contribution is 2.33. The Hall–Kier alpha value is -2.01. The third kappa shape index (κ3) is 2.71. The quantitative estimate of drug-likeness (QED) is 0.721. The predicted molar refractivity (Wildman–Crippen MR) is 99.3 cm³/mol. The first-order valence-corrected chi connectivity index (χ1v) is 10.1. The molecule has 128 valence electrons. The van der Waals surface area contributed by atoms with Gasteiger partial charge in [-0.1, -0.05) is 0 Å². The third-order valence-electron chi connectivity index (χ3n) is 5.55. The number of nitrogens with zero attached hydrogens (tertiary/aromatic N) is 2. The molecule has 0 amide bonds. The van der Waals surface area contributed by atoms with Crippen molar-refractivity contribution in [3.8, 4) is 0 Å². The summed E-state index contributed by atoms with van der Waals surface area (Å²) < 4.78 is 2.15. The van der Waals surface area contributed by atoms with Crippen LogP contribution in [0.25, 0.3) is 10.2 Å². The molecule has 5 rings (SSSR count). The van der Waals surface area contributed by atoms with Crippen molar-refractivity contribution in [3.05, 3.63) is 56.2 Å². The number of nitrogens with one attached hydrogen (secondary N) is 1. The molecule has 5 heteroatoms. The molecular formula is C20H22N3OS+. The monoisotopic (exact) mass is 352 g/mol. The molecule has 0 aliphatic heterocycles. The lowest BCUT2D eigenvalue weighted by Crippen LogP contribution is -2.36. The van der Waals surface area contributed by atoms with Gasteiger partial charge < -0.3 is 4.98 Å². The van der Waals surface area contributed by atoms with Crippen molar-refractivity contribution in [2.24, 2.45) is 0 Å². The number of fused-ring (bicyclic) bond motifs is 4. The van der Waals surface area contributed by atoms with Crippen LogP contribution in [-0.2, 0) is 32.2 Å². The molecule has 0 unspecified atom stereocenters. The van der Waals surface area contributed by atoms with E-state index in [2.05, 4.69) is 28.0 Å². The predicted octanol–water partition coefficient (Wildman–Crippen LogP) is 3.08. The first kappa shape index (κ1) is 15.3. The van der Waals surface area contributed by atoms with Crippen molar-refractivity contribution < 1.29 is 4.57 Å². The molecule has 0 atom stereocenters. The van der Waals surface area contributed by atoms with Gasteiger partial charge in [-0.3, -0.25) is 4.79 Å². The fourth-order valence-electron chi connectivity index (χ4n) is 4.27. The van der Waals surface area contributed by atoms with Crippen LogP contribution in [0.1, 0.15) is 53.1 Å². The minimum Gasteiger partial charge on any atom is -0.305 e. The van der Waals surface area contributed by atoms with Gasteiger partial charge in [0.2, 0.25) is 6.54 Å². The van der Waals surface area contributed by atoms with Crippen molar-refractivity contribution in [1.29, 1.82) is 0 Å². The molecule has 25 heavy (non-hydrogen) atoms. The van der Waals surface area contributed by atoms with E-state index in [0.29, 0.717) is 6.54 Å². The van der Waals surface area contributed by atoms with Crippen LogP contribution < -0.4 is 10.1 Å². The summed E-state index contributed by atoms with van der Waals surface area (Å²) in [7, 11) is 0. The number of pyridine rings is 1. The van der Waals surface area contributed by atoms with Gasteiger partial charge in [0.15, 0.2) is 18.2 Å². The molecule has 0 fully saturated rings. The summed E-state index contributed by atoms with van der Waals surface area (Å²) in [6, 6.07) is 2.23. The van der Waals surface area contributed by atoms with Gasteiger partial charge in [-0.2, -0.15) is 4.57 Å². The second-order valence-corrected chi connectivity index (χ2v) is 8.36. The summed E-state index contributed by atoms with van der Waals surface area (Å²) in [6.45, 7) is 0.626. The van der Waals surface area contributed by atoms with E-state index in [0.717, 1.165) is 35.3 Å². The Morgan fingerprint density at radius 2 is 1.88 bits per heavy atom. The average molecular weight is 352 g/mol. The number of H-pyrrole nitrogens is 1. The number of hydrogen-bond donors (Lipinski definition) is 1. The van der Waals surface area contributed by atoms with Crippen LogP contribution in [0.4, 0.5) is 0 Å². The molecule has 0 saturated heterocycles. The molecule has 4 nitrogen and oxygen atoms in total. The zero-order valence-corrected chi connectivity index (χ0v) is 15.1. The van der Waals surface area contributed by atoms with Crippen molar-refractivity contribution in [2.75, 3.05) is 0 Å². The molecule has 2 aliphatic rings. The lowest BCUT2D eigenvalue weighted by Gasteiger charge is -2.13. The Kier molecular flexibility index (Phi) is 3.70. The van der Waals surface area contributed by atoms with E-state index in [1.54, 1.807) is 11.3 Å². The smallest absolute Gasteiger partial charge is 0.260 e. The van der Waals surface area contributed by atoms with Gasteiger partial charge in [-0.15, -0.1) is 11.3 Å². The highest BCUT2D eigenvalue weighted by atomic mass is 32.1. The maximum Gasteiger partial charge on any atom is 0.260 e. The number of thiophene rings is 1. The van der Waals surface area contributed by atoms with Gasteiger partial charge in [0.25, 0.3) is 5.56 Å². The third-order valence-corrected chi connectivity index (χ3v) is 6.74. The molecule has 1 N–H and O–H groups in total. The van der Waals surface area contributed by atoms with E-state index < -0.39 is 0 Å². The molecule has 3 aromatic rings. The Bertz CT molecular complexity index is 1020. The standard InChI is InChI=1S/C20H21N3OS/c24-19-18-15-7-3-4-8-16(15)25-20(18)22-17(21-19)12-23-10-9-13-5-1-2-6-14(13)11-23/h9-11H,1-8,12H2/p+1. The fraction of sp³-hybridized carbons (Fsp3) is 0.450. The van der Waals surface area contributed by atoms with Gasteiger partial charge in [-0.25, -0.2) is 4.98 Å². The number of rotatable bonds is 2. The normalized spacial score (nSPS) is 16.6. The lowest BCUT2D eigenvalue weighted by molar-refractivity contribution is -0.689. The minimum atomic E-state index is 0.0398. The molecule has 0 aromatic carbocycles. The van der Waals surface area contributed by atoms with Gasteiger partial charge in [0.05, 0.1) is 5.39 Å². The highest BCUT2D eigenvalue weighted by Gasteiger charge is 2.21. The largest absolute Gasteiger partial charge is 0.305 e. The summed E-state index contributed by atoms with van der Waals surface area (Å²) in [5.74, 6) is 0.761. The van der Waals surface area contributed by atoms with E-state index in [-0.39, 0.29) is 5.56 Å². The number of aromatic amines is 1. The first-order chi connectivity index (χ1) is 12.3. The summed E-state index contributed by atoms with van der Waals surface area (Å²) in [4.78, 5) is 22.8. The van der Waals surface area contributed by atoms with Crippen LogP contribution in [0.15, 0.2) is 23.3 Å². The van der Waals surface area contributed by atoms with E-state index >= 15 is 0 Å². The van der Waals surface area contributed by atoms with Crippen molar-refractivity contribution >= 4 is 21.6 Å². The van der Waals surface area contributed by atoms with E-state index in [1.165, 1.54) is 53.7 Å². The maximum absolute atomic E-state index is 12.7. The second kappa shape index (κ2) is 6.06. The van der Waals surface area contributed by atoms with Crippen molar-refractivity contribution in [3.63, 3.8) is 0 Å². The lowest BCUT2D eigenvalue weighted by atomic mass is 9.93. The Labute approximate surface area is 150 Å². The molecular weight excluding hydrogens is 330 g/mol. The number of aromatic nitrogens is 3. The average Bonchev–Trinajstić information content (AvgIpc) is 3.00. The second-order valence-electron chi connectivity index (χ2n) is 7.28. The zero-order valence-electron chi connectivity index (χ0n) is 14.3. The molecule has 2 aliphatic carbocycles. The number of hydrogen-bond acceptors (Lipinski definition) is 3. The minimum absolute atomic E-state index is 0.0398. The van der Waals surface area contributed by atoms with E-state index in [9.17, 15) is 4.79 Å². The van der Waals surface area contributed by atoms with Crippen molar-refractivity contribution in [1.82, 2.24) is 9.97 Å².